The monoisotopic (exact) mass is 344 g/mol. The van der Waals surface area contributed by atoms with Crippen LogP contribution in [0.15, 0.2) is 51.5 Å². The average Bonchev–Trinajstić information content (AvgIpc) is 3.05. The summed E-state index contributed by atoms with van der Waals surface area (Å²) in [5.74, 6) is 1.41. The summed E-state index contributed by atoms with van der Waals surface area (Å²) in [5, 5.41) is 4.47. The van der Waals surface area contributed by atoms with E-state index < -0.39 is 0 Å². The van der Waals surface area contributed by atoms with Crippen molar-refractivity contribution in [2.45, 2.75) is 13.5 Å². The second-order valence-corrected chi connectivity index (χ2v) is 5.70. The molecule has 0 aliphatic heterocycles. The molecule has 0 aliphatic rings. The van der Waals surface area contributed by atoms with Gasteiger partial charge in [0, 0.05) is 10.7 Å². The van der Waals surface area contributed by atoms with E-state index >= 15 is 0 Å². The maximum Gasteiger partial charge on any atom is 0.155 e. The molecule has 0 amide bonds. The molecule has 1 aromatic carbocycles. The fourth-order valence-corrected chi connectivity index (χ4v) is 2.63. The molecule has 0 unspecified atom stereocenters. The topological polar surface area (TPSA) is 48.0 Å². The maximum atomic E-state index is 11.2. The third-order valence-electron chi connectivity index (χ3n) is 3.12. The molecular formula is C16H13BrN2O2. The molecule has 0 radical (unpaired) electrons. The number of aromatic nitrogens is 2. The number of carbonyl (C=O) groups is 1. The van der Waals surface area contributed by atoms with Gasteiger partial charge in [0.2, 0.25) is 0 Å². The number of furan rings is 1. The number of halogens is 1. The van der Waals surface area contributed by atoms with Crippen LogP contribution < -0.4 is 0 Å². The number of nitrogens with zero attached hydrogens (tertiary/aromatic N) is 2. The lowest BCUT2D eigenvalue weighted by Gasteiger charge is -2.02. The number of benzene rings is 1. The van der Waals surface area contributed by atoms with Gasteiger partial charge in [0.1, 0.15) is 11.5 Å². The molecule has 21 heavy (non-hydrogen) atoms. The van der Waals surface area contributed by atoms with Crippen LogP contribution in [0.5, 0.6) is 0 Å². The lowest BCUT2D eigenvalue weighted by atomic mass is 10.2. The van der Waals surface area contributed by atoms with Gasteiger partial charge in [-0.05, 0) is 36.8 Å². The molecule has 106 valence electrons. The Morgan fingerprint density at radius 3 is 2.86 bits per heavy atom. The van der Waals surface area contributed by atoms with Gasteiger partial charge in [-0.25, -0.2) is 0 Å². The fraction of sp³-hybridized carbons (Fsp3) is 0.125. The average molecular weight is 345 g/mol. The van der Waals surface area contributed by atoms with Crippen molar-refractivity contribution in [3.05, 3.63) is 64.0 Å². The summed E-state index contributed by atoms with van der Waals surface area (Å²) < 4.78 is 8.32. The Bertz CT molecular complexity index is 789. The van der Waals surface area contributed by atoms with Crippen molar-refractivity contribution in [2.75, 3.05) is 0 Å². The van der Waals surface area contributed by atoms with Crippen LogP contribution in [0.25, 0.3) is 11.5 Å². The SMILES string of the molecule is Cc1ccc(-c2nn(Cc3cccc(Br)c3)cc2C=O)o1. The summed E-state index contributed by atoms with van der Waals surface area (Å²) in [4.78, 5) is 11.2. The van der Waals surface area contributed by atoms with E-state index in [1.807, 2.05) is 43.3 Å². The number of carbonyl (C=O) groups excluding carboxylic acids is 1. The standard InChI is InChI=1S/C16H13BrN2O2/c1-11-5-6-15(21-11)16-13(10-20)9-19(18-16)8-12-3-2-4-14(17)7-12/h2-7,9-10H,8H2,1H3. The minimum absolute atomic E-state index is 0.527. The van der Waals surface area contributed by atoms with E-state index in [4.69, 9.17) is 4.42 Å². The van der Waals surface area contributed by atoms with Crippen molar-refractivity contribution >= 4 is 22.2 Å². The van der Waals surface area contributed by atoms with E-state index in [0.717, 1.165) is 22.1 Å². The lowest BCUT2D eigenvalue weighted by Crippen LogP contribution is -2.00. The highest BCUT2D eigenvalue weighted by Gasteiger charge is 2.14. The van der Waals surface area contributed by atoms with Crippen molar-refractivity contribution < 1.29 is 9.21 Å². The molecule has 2 heterocycles. The second kappa shape index (κ2) is 5.69. The summed E-state index contributed by atoms with van der Waals surface area (Å²) in [6.07, 6.45) is 2.54. The Morgan fingerprint density at radius 2 is 2.19 bits per heavy atom. The van der Waals surface area contributed by atoms with Gasteiger partial charge in [-0.15, -0.1) is 0 Å². The van der Waals surface area contributed by atoms with Gasteiger partial charge in [-0.2, -0.15) is 5.10 Å². The summed E-state index contributed by atoms with van der Waals surface area (Å²) in [6, 6.07) is 11.7. The van der Waals surface area contributed by atoms with Gasteiger partial charge < -0.3 is 4.42 Å². The van der Waals surface area contributed by atoms with Gasteiger partial charge in [0.05, 0.1) is 12.1 Å². The van der Waals surface area contributed by atoms with Crippen molar-refractivity contribution in [2.24, 2.45) is 0 Å². The fourth-order valence-electron chi connectivity index (χ4n) is 2.18. The first-order valence-electron chi connectivity index (χ1n) is 6.49. The van der Waals surface area contributed by atoms with Crippen LogP contribution in [-0.4, -0.2) is 16.1 Å². The van der Waals surface area contributed by atoms with E-state index in [0.29, 0.717) is 23.6 Å². The molecule has 0 atom stereocenters. The Morgan fingerprint density at radius 1 is 1.33 bits per heavy atom. The van der Waals surface area contributed by atoms with Crippen molar-refractivity contribution in [3.63, 3.8) is 0 Å². The van der Waals surface area contributed by atoms with Gasteiger partial charge >= 0.3 is 0 Å². The van der Waals surface area contributed by atoms with Crippen LogP contribution in [0.1, 0.15) is 21.7 Å². The van der Waals surface area contributed by atoms with Crippen LogP contribution in [0, 0.1) is 6.92 Å². The second-order valence-electron chi connectivity index (χ2n) is 4.79. The van der Waals surface area contributed by atoms with E-state index in [9.17, 15) is 4.79 Å². The quantitative estimate of drug-likeness (QED) is 0.670. The minimum atomic E-state index is 0.527. The maximum absolute atomic E-state index is 11.2. The molecule has 0 bridgehead atoms. The van der Waals surface area contributed by atoms with E-state index in [2.05, 4.69) is 21.0 Å². The Hall–Kier alpha value is -2.14. The van der Waals surface area contributed by atoms with Gasteiger partial charge in [0.15, 0.2) is 12.0 Å². The highest BCUT2D eigenvalue weighted by Crippen LogP contribution is 2.23. The van der Waals surface area contributed by atoms with Crippen molar-refractivity contribution in [3.8, 4) is 11.5 Å². The van der Waals surface area contributed by atoms with Crippen molar-refractivity contribution in [1.29, 1.82) is 0 Å². The molecule has 3 rings (SSSR count). The van der Waals surface area contributed by atoms with Crippen LogP contribution in [0.3, 0.4) is 0 Å². The van der Waals surface area contributed by atoms with Crippen LogP contribution in [0.4, 0.5) is 0 Å². The Balaban J connectivity index is 1.94. The predicted molar refractivity (Wildman–Crippen MR) is 83.3 cm³/mol. The molecule has 0 saturated carbocycles. The summed E-state index contributed by atoms with van der Waals surface area (Å²) in [5.41, 5.74) is 2.21. The summed E-state index contributed by atoms with van der Waals surface area (Å²) in [7, 11) is 0. The number of hydrogen-bond donors (Lipinski definition) is 0. The number of hydrogen-bond acceptors (Lipinski definition) is 3. The smallest absolute Gasteiger partial charge is 0.155 e. The first-order chi connectivity index (χ1) is 10.2. The minimum Gasteiger partial charge on any atom is -0.460 e. The Labute approximate surface area is 130 Å². The normalized spacial score (nSPS) is 10.8. The van der Waals surface area contributed by atoms with E-state index in [-0.39, 0.29) is 0 Å². The molecule has 0 aliphatic carbocycles. The zero-order valence-corrected chi connectivity index (χ0v) is 13.0. The van der Waals surface area contributed by atoms with Gasteiger partial charge in [0.25, 0.3) is 0 Å². The van der Waals surface area contributed by atoms with Gasteiger partial charge in [-0.3, -0.25) is 9.48 Å². The van der Waals surface area contributed by atoms with Crippen molar-refractivity contribution in [1.82, 2.24) is 9.78 Å². The lowest BCUT2D eigenvalue weighted by molar-refractivity contribution is 0.112. The van der Waals surface area contributed by atoms with Gasteiger partial charge in [-0.1, -0.05) is 28.1 Å². The zero-order valence-electron chi connectivity index (χ0n) is 11.4. The molecule has 0 spiro atoms. The zero-order chi connectivity index (χ0) is 14.8. The first-order valence-corrected chi connectivity index (χ1v) is 7.29. The van der Waals surface area contributed by atoms with E-state index in [1.165, 1.54) is 0 Å². The molecule has 5 heteroatoms. The number of rotatable bonds is 4. The summed E-state index contributed by atoms with van der Waals surface area (Å²) >= 11 is 3.45. The molecule has 4 nitrogen and oxygen atoms in total. The number of aryl methyl sites for hydroxylation is 1. The van der Waals surface area contributed by atoms with Crippen LogP contribution >= 0.6 is 15.9 Å². The highest BCUT2D eigenvalue weighted by atomic mass is 79.9. The number of aldehydes is 1. The molecule has 0 fully saturated rings. The molecular weight excluding hydrogens is 332 g/mol. The predicted octanol–water partition coefficient (Wildman–Crippen LogP) is 4.07. The highest BCUT2D eigenvalue weighted by molar-refractivity contribution is 9.10. The van der Waals surface area contributed by atoms with Crippen LogP contribution in [0.2, 0.25) is 0 Å². The molecule has 0 N–H and O–H groups in total. The molecule has 3 aromatic rings. The Kier molecular flexibility index (Phi) is 3.75. The third-order valence-corrected chi connectivity index (χ3v) is 3.62. The molecule has 2 aromatic heterocycles. The first kappa shape index (κ1) is 13.8. The third kappa shape index (κ3) is 2.97. The van der Waals surface area contributed by atoms with E-state index in [1.54, 1.807) is 10.9 Å². The molecule has 0 saturated heterocycles. The summed E-state index contributed by atoms with van der Waals surface area (Å²) in [6.45, 7) is 2.46. The largest absolute Gasteiger partial charge is 0.460 e. The van der Waals surface area contributed by atoms with Crippen LogP contribution in [-0.2, 0) is 6.54 Å².